The van der Waals surface area contributed by atoms with E-state index in [-0.39, 0.29) is 0 Å². The summed E-state index contributed by atoms with van der Waals surface area (Å²) in [6.45, 7) is 15.3. The second kappa shape index (κ2) is 8.44. The van der Waals surface area contributed by atoms with Gasteiger partial charge in [0.15, 0.2) is 0 Å². The molecule has 0 aromatic heterocycles. The molecular formula is C15H32N2S. The zero-order valence-electron chi connectivity index (χ0n) is 12.9. The highest BCUT2D eigenvalue weighted by Gasteiger charge is 2.30. The molecule has 0 bridgehead atoms. The third kappa shape index (κ3) is 5.10. The van der Waals surface area contributed by atoms with E-state index in [1.165, 1.54) is 37.6 Å². The van der Waals surface area contributed by atoms with Crippen molar-refractivity contribution in [2.24, 2.45) is 11.8 Å². The molecule has 1 fully saturated rings. The summed E-state index contributed by atoms with van der Waals surface area (Å²) in [6.07, 6.45) is 1.34. The molecule has 0 saturated carbocycles. The second-order valence-electron chi connectivity index (χ2n) is 6.12. The average Bonchev–Trinajstić information content (AvgIpc) is 2.34. The van der Waals surface area contributed by atoms with Crippen LogP contribution in [0.5, 0.6) is 0 Å². The number of nitrogens with zero attached hydrogens (tertiary/aromatic N) is 1. The van der Waals surface area contributed by atoms with E-state index in [1.807, 2.05) is 0 Å². The first-order valence-electron chi connectivity index (χ1n) is 7.61. The summed E-state index contributed by atoms with van der Waals surface area (Å²) >= 11 is 2.07. The van der Waals surface area contributed by atoms with Crippen molar-refractivity contribution in [2.75, 3.05) is 31.1 Å². The van der Waals surface area contributed by atoms with Gasteiger partial charge in [0.1, 0.15) is 0 Å². The van der Waals surface area contributed by atoms with Gasteiger partial charge in [0.2, 0.25) is 0 Å². The molecule has 1 aliphatic rings. The normalized spacial score (nSPS) is 26.2. The zero-order valence-corrected chi connectivity index (χ0v) is 13.7. The van der Waals surface area contributed by atoms with Gasteiger partial charge in [0.25, 0.3) is 0 Å². The Labute approximate surface area is 118 Å². The predicted molar refractivity (Wildman–Crippen MR) is 84.4 cm³/mol. The van der Waals surface area contributed by atoms with Crippen LogP contribution in [0.4, 0.5) is 0 Å². The Morgan fingerprint density at radius 2 is 1.94 bits per heavy atom. The third-order valence-electron chi connectivity index (χ3n) is 4.00. The molecule has 0 spiro atoms. The molecule has 0 radical (unpaired) electrons. The standard InChI is InChI=1S/C15H32N2S/c1-6-18-9-7-8-17-11-14(12(2)3)16-10-15(17)13(4)5/h12-16H,6-11H2,1-5H3. The van der Waals surface area contributed by atoms with Crippen LogP contribution in [0, 0.1) is 11.8 Å². The van der Waals surface area contributed by atoms with Gasteiger partial charge in [0, 0.05) is 25.2 Å². The number of rotatable bonds is 7. The first-order valence-corrected chi connectivity index (χ1v) is 8.76. The van der Waals surface area contributed by atoms with Gasteiger partial charge in [-0.1, -0.05) is 34.6 Å². The van der Waals surface area contributed by atoms with Crippen LogP contribution in [0.25, 0.3) is 0 Å². The summed E-state index contributed by atoms with van der Waals surface area (Å²) in [5.74, 6) is 4.07. The van der Waals surface area contributed by atoms with Crippen LogP contribution in [0.2, 0.25) is 0 Å². The molecule has 18 heavy (non-hydrogen) atoms. The smallest absolute Gasteiger partial charge is 0.0244 e. The Bertz CT molecular complexity index is 219. The lowest BCUT2D eigenvalue weighted by Gasteiger charge is -2.43. The van der Waals surface area contributed by atoms with Crippen LogP contribution >= 0.6 is 11.8 Å². The molecule has 2 unspecified atom stereocenters. The molecule has 1 saturated heterocycles. The Balaban J connectivity index is 2.44. The summed E-state index contributed by atoms with van der Waals surface area (Å²) in [5.41, 5.74) is 0. The Kier molecular flexibility index (Phi) is 7.66. The first kappa shape index (κ1) is 16.3. The molecular weight excluding hydrogens is 240 g/mol. The van der Waals surface area contributed by atoms with E-state index in [2.05, 4.69) is 56.6 Å². The van der Waals surface area contributed by atoms with Crippen molar-refractivity contribution >= 4 is 11.8 Å². The van der Waals surface area contributed by atoms with E-state index >= 15 is 0 Å². The van der Waals surface area contributed by atoms with E-state index < -0.39 is 0 Å². The molecule has 0 aromatic rings. The summed E-state index contributed by atoms with van der Waals surface area (Å²) in [5, 5.41) is 3.73. The van der Waals surface area contributed by atoms with Crippen molar-refractivity contribution in [3.05, 3.63) is 0 Å². The minimum absolute atomic E-state index is 0.679. The van der Waals surface area contributed by atoms with Crippen molar-refractivity contribution in [1.82, 2.24) is 10.2 Å². The van der Waals surface area contributed by atoms with Crippen molar-refractivity contribution in [3.63, 3.8) is 0 Å². The first-order chi connectivity index (χ1) is 8.56. The molecule has 1 aliphatic heterocycles. The van der Waals surface area contributed by atoms with E-state index in [9.17, 15) is 0 Å². The summed E-state index contributed by atoms with van der Waals surface area (Å²) < 4.78 is 0. The lowest BCUT2D eigenvalue weighted by Crippen LogP contribution is -2.59. The summed E-state index contributed by atoms with van der Waals surface area (Å²) in [4.78, 5) is 2.74. The number of thioether (sulfide) groups is 1. The predicted octanol–water partition coefficient (Wildman–Crippen LogP) is 3.08. The molecule has 3 heteroatoms. The fourth-order valence-electron chi connectivity index (χ4n) is 2.73. The lowest BCUT2D eigenvalue weighted by atomic mass is 9.94. The van der Waals surface area contributed by atoms with E-state index in [0.29, 0.717) is 6.04 Å². The minimum Gasteiger partial charge on any atom is -0.311 e. The van der Waals surface area contributed by atoms with Crippen LogP contribution in [0.15, 0.2) is 0 Å². The quantitative estimate of drug-likeness (QED) is 0.717. The highest BCUT2D eigenvalue weighted by Crippen LogP contribution is 2.19. The minimum atomic E-state index is 0.679. The van der Waals surface area contributed by atoms with Gasteiger partial charge in [0.05, 0.1) is 0 Å². The number of hydrogen-bond acceptors (Lipinski definition) is 3. The van der Waals surface area contributed by atoms with Gasteiger partial charge in [-0.15, -0.1) is 0 Å². The van der Waals surface area contributed by atoms with Gasteiger partial charge >= 0.3 is 0 Å². The van der Waals surface area contributed by atoms with Crippen LogP contribution in [0.3, 0.4) is 0 Å². The topological polar surface area (TPSA) is 15.3 Å². The lowest BCUT2D eigenvalue weighted by molar-refractivity contribution is 0.0857. The van der Waals surface area contributed by atoms with Crippen molar-refractivity contribution < 1.29 is 0 Å². The average molecular weight is 273 g/mol. The molecule has 1 N–H and O–H groups in total. The van der Waals surface area contributed by atoms with Gasteiger partial charge < -0.3 is 5.32 Å². The molecule has 2 nitrogen and oxygen atoms in total. The Morgan fingerprint density at radius 1 is 1.22 bits per heavy atom. The van der Waals surface area contributed by atoms with E-state index in [4.69, 9.17) is 0 Å². The SMILES string of the molecule is CCSCCCN1CC(C(C)C)NCC1C(C)C. The molecule has 1 rings (SSSR count). The van der Waals surface area contributed by atoms with Gasteiger partial charge in [-0.25, -0.2) is 0 Å². The van der Waals surface area contributed by atoms with Crippen LogP contribution in [0.1, 0.15) is 41.0 Å². The van der Waals surface area contributed by atoms with Crippen LogP contribution < -0.4 is 5.32 Å². The highest BCUT2D eigenvalue weighted by atomic mass is 32.2. The third-order valence-corrected chi connectivity index (χ3v) is 4.99. The zero-order chi connectivity index (χ0) is 13.5. The molecule has 0 aliphatic carbocycles. The van der Waals surface area contributed by atoms with Crippen LogP contribution in [-0.2, 0) is 0 Å². The fourth-order valence-corrected chi connectivity index (χ4v) is 3.35. The Hall–Kier alpha value is 0.270. The van der Waals surface area contributed by atoms with Crippen molar-refractivity contribution in [1.29, 1.82) is 0 Å². The largest absolute Gasteiger partial charge is 0.311 e. The summed E-state index contributed by atoms with van der Waals surface area (Å²) in [6, 6.07) is 1.41. The maximum absolute atomic E-state index is 3.73. The highest BCUT2D eigenvalue weighted by molar-refractivity contribution is 7.99. The molecule has 2 atom stereocenters. The van der Waals surface area contributed by atoms with Crippen molar-refractivity contribution in [2.45, 2.75) is 53.1 Å². The number of nitrogens with one attached hydrogen (secondary N) is 1. The van der Waals surface area contributed by atoms with Crippen molar-refractivity contribution in [3.8, 4) is 0 Å². The fraction of sp³-hybridized carbons (Fsp3) is 1.00. The second-order valence-corrected chi connectivity index (χ2v) is 7.51. The monoisotopic (exact) mass is 272 g/mol. The maximum Gasteiger partial charge on any atom is 0.0244 e. The molecule has 0 amide bonds. The molecule has 0 aromatic carbocycles. The van der Waals surface area contributed by atoms with E-state index in [0.717, 1.165) is 17.9 Å². The maximum atomic E-state index is 3.73. The summed E-state index contributed by atoms with van der Waals surface area (Å²) in [7, 11) is 0. The molecule has 1 heterocycles. The van der Waals surface area contributed by atoms with Gasteiger partial charge in [-0.2, -0.15) is 11.8 Å². The van der Waals surface area contributed by atoms with Crippen LogP contribution in [-0.4, -0.2) is 48.1 Å². The van der Waals surface area contributed by atoms with Gasteiger partial charge in [-0.3, -0.25) is 4.90 Å². The van der Waals surface area contributed by atoms with E-state index in [1.54, 1.807) is 0 Å². The number of piperazine rings is 1. The number of hydrogen-bond donors (Lipinski definition) is 1. The Morgan fingerprint density at radius 3 is 2.50 bits per heavy atom. The molecule has 108 valence electrons. The van der Waals surface area contributed by atoms with Gasteiger partial charge in [-0.05, 0) is 36.3 Å².